The number of hydrogen-bond donors (Lipinski definition) is 2. The summed E-state index contributed by atoms with van der Waals surface area (Å²) in [7, 11) is 1.49. The number of pyridine rings is 1. The van der Waals surface area contributed by atoms with Gasteiger partial charge >= 0.3 is 5.97 Å². The molecule has 0 aliphatic carbocycles. The van der Waals surface area contributed by atoms with Crippen molar-refractivity contribution in [2.75, 3.05) is 25.6 Å². The highest BCUT2D eigenvalue weighted by molar-refractivity contribution is 6.31. The number of carbonyl (C=O) groups is 2. The van der Waals surface area contributed by atoms with Crippen LogP contribution in [-0.4, -0.2) is 37.2 Å². The number of esters is 1. The van der Waals surface area contributed by atoms with Gasteiger partial charge in [0, 0.05) is 23.5 Å². The third-order valence-corrected chi connectivity index (χ3v) is 3.91. The summed E-state index contributed by atoms with van der Waals surface area (Å²) in [5.41, 5.74) is 0.876. The van der Waals surface area contributed by atoms with Gasteiger partial charge in [-0.3, -0.25) is 9.59 Å². The molecule has 0 aliphatic rings. The van der Waals surface area contributed by atoms with Crippen molar-refractivity contribution in [2.24, 2.45) is 0 Å². The smallest absolute Gasteiger partial charge is 0.340 e. The minimum atomic E-state index is -0.650. The minimum absolute atomic E-state index is 0.0666. The van der Waals surface area contributed by atoms with Crippen molar-refractivity contribution in [3.63, 3.8) is 0 Å². The molecule has 0 fully saturated rings. The molecule has 0 radical (unpaired) electrons. The first-order valence-corrected chi connectivity index (χ1v) is 8.18. The number of amides is 1. The van der Waals surface area contributed by atoms with Crippen LogP contribution in [0.2, 0.25) is 5.02 Å². The second-order valence-corrected chi connectivity index (χ2v) is 6.03. The van der Waals surface area contributed by atoms with Crippen molar-refractivity contribution in [1.29, 1.82) is 0 Å². The number of aryl methyl sites for hydroxylation is 2. The molecule has 26 heavy (non-hydrogen) atoms. The largest absolute Gasteiger partial charge is 0.460 e. The summed E-state index contributed by atoms with van der Waals surface area (Å²) in [6, 6.07) is 6.24. The molecule has 0 aliphatic heterocycles. The Labute approximate surface area is 155 Å². The van der Waals surface area contributed by atoms with Gasteiger partial charge in [0.05, 0.1) is 12.2 Å². The lowest BCUT2D eigenvalue weighted by Crippen LogP contribution is -2.26. The van der Waals surface area contributed by atoms with Crippen LogP contribution in [0.15, 0.2) is 29.1 Å². The minimum Gasteiger partial charge on any atom is -0.460 e. The Bertz CT molecular complexity index is 892. The quantitative estimate of drug-likeness (QED) is 0.595. The molecule has 7 nitrogen and oxygen atoms in total. The summed E-state index contributed by atoms with van der Waals surface area (Å²) in [4.78, 5) is 39.3. The number of benzene rings is 1. The molecular formula is C18H19ClN2O5. The standard InChI is InChI=1S/C18H19ClN2O5/c1-10-4-5-12(19)8-15(10)21-17(23)14-9-13(11(2)20-16(14)22)18(24)26-7-6-25-3/h4-5,8-9H,6-7H2,1-3H3,(H,20,22)(H,21,23). The van der Waals surface area contributed by atoms with Crippen molar-refractivity contribution in [1.82, 2.24) is 4.98 Å². The summed E-state index contributed by atoms with van der Waals surface area (Å²) >= 11 is 5.93. The third kappa shape index (κ3) is 4.71. The Morgan fingerprint density at radius 3 is 2.58 bits per heavy atom. The predicted octanol–water partition coefficient (Wildman–Crippen LogP) is 2.70. The van der Waals surface area contributed by atoms with Crippen LogP contribution < -0.4 is 10.9 Å². The first kappa shape index (κ1) is 19.7. The second-order valence-electron chi connectivity index (χ2n) is 5.59. The molecule has 0 saturated heterocycles. The van der Waals surface area contributed by atoms with Crippen molar-refractivity contribution in [3.8, 4) is 0 Å². The number of ether oxygens (including phenoxy) is 2. The SMILES string of the molecule is COCCOC(=O)c1cc(C(=O)Nc2cc(Cl)ccc2C)c(=O)[nH]c1C. The zero-order valence-electron chi connectivity index (χ0n) is 14.6. The molecule has 0 saturated carbocycles. The molecule has 2 N–H and O–H groups in total. The molecule has 0 bridgehead atoms. The zero-order valence-corrected chi connectivity index (χ0v) is 15.4. The van der Waals surface area contributed by atoms with Gasteiger partial charge in [-0.05, 0) is 37.6 Å². The maximum atomic E-state index is 12.5. The summed E-state index contributed by atoms with van der Waals surface area (Å²) in [6.45, 7) is 3.66. The fourth-order valence-corrected chi connectivity index (χ4v) is 2.39. The molecule has 1 aromatic carbocycles. The molecule has 1 aromatic heterocycles. The molecular weight excluding hydrogens is 360 g/mol. The molecule has 2 aromatic rings. The molecule has 138 valence electrons. The Kier molecular flexibility index (Phi) is 6.54. The molecule has 0 unspecified atom stereocenters. The Hall–Kier alpha value is -2.64. The number of anilines is 1. The lowest BCUT2D eigenvalue weighted by Gasteiger charge is -2.11. The molecule has 0 atom stereocenters. The van der Waals surface area contributed by atoms with Crippen LogP contribution in [0.1, 0.15) is 32.0 Å². The lowest BCUT2D eigenvalue weighted by atomic mass is 10.1. The van der Waals surface area contributed by atoms with E-state index in [1.807, 2.05) is 0 Å². The number of H-pyrrole nitrogens is 1. The topological polar surface area (TPSA) is 97.5 Å². The van der Waals surface area contributed by atoms with Gasteiger partial charge < -0.3 is 19.8 Å². The maximum absolute atomic E-state index is 12.5. The molecule has 2 rings (SSSR count). The fraction of sp³-hybridized carbons (Fsp3) is 0.278. The fourth-order valence-electron chi connectivity index (χ4n) is 2.22. The van der Waals surface area contributed by atoms with Gasteiger partial charge in [0.1, 0.15) is 12.2 Å². The van der Waals surface area contributed by atoms with E-state index in [0.717, 1.165) is 5.56 Å². The third-order valence-electron chi connectivity index (χ3n) is 3.67. The summed E-state index contributed by atoms with van der Waals surface area (Å²) < 4.78 is 9.86. The highest BCUT2D eigenvalue weighted by atomic mass is 35.5. The lowest BCUT2D eigenvalue weighted by molar-refractivity contribution is 0.0386. The zero-order chi connectivity index (χ0) is 19.3. The normalized spacial score (nSPS) is 10.5. The number of hydrogen-bond acceptors (Lipinski definition) is 5. The monoisotopic (exact) mass is 378 g/mol. The van der Waals surface area contributed by atoms with E-state index in [0.29, 0.717) is 16.4 Å². The van der Waals surface area contributed by atoms with E-state index in [9.17, 15) is 14.4 Å². The number of rotatable bonds is 6. The van der Waals surface area contributed by atoms with E-state index in [1.54, 1.807) is 32.0 Å². The first-order valence-electron chi connectivity index (χ1n) is 7.81. The number of nitrogens with one attached hydrogen (secondary N) is 2. The number of carbonyl (C=O) groups excluding carboxylic acids is 2. The van der Waals surface area contributed by atoms with Gasteiger partial charge in [-0.15, -0.1) is 0 Å². The highest BCUT2D eigenvalue weighted by Crippen LogP contribution is 2.20. The highest BCUT2D eigenvalue weighted by Gasteiger charge is 2.19. The summed E-state index contributed by atoms with van der Waals surface area (Å²) in [6.07, 6.45) is 0. The second kappa shape index (κ2) is 8.64. The van der Waals surface area contributed by atoms with Gasteiger partial charge in [0.15, 0.2) is 0 Å². The molecule has 0 spiro atoms. The van der Waals surface area contributed by atoms with Crippen LogP contribution in [0.3, 0.4) is 0 Å². The van der Waals surface area contributed by atoms with Crippen LogP contribution >= 0.6 is 11.6 Å². The summed E-state index contributed by atoms with van der Waals surface area (Å²) in [5, 5.41) is 3.08. The molecule has 8 heteroatoms. The van der Waals surface area contributed by atoms with E-state index < -0.39 is 17.4 Å². The van der Waals surface area contributed by atoms with Crippen molar-refractivity contribution < 1.29 is 19.1 Å². The van der Waals surface area contributed by atoms with Crippen molar-refractivity contribution in [3.05, 3.63) is 62.0 Å². The summed E-state index contributed by atoms with van der Waals surface area (Å²) in [5.74, 6) is -1.30. The van der Waals surface area contributed by atoms with E-state index >= 15 is 0 Å². The van der Waals surface area contributed by atoms with E-state index in [-0.39, 0.29) is 24.3 Å². The van der Waals surface area contributed by atoms with Gasteiger partial charge in [-0.25, -0.2) is 4.79 Å². The van der Waals surface area contributed by atoms with E-state index in [2.05, 4.69) is 10.3 Å². The van der Waals surface area contributed by atoms with Crippen molar-refractivity contribution >= 4 is 29.2 Å². The maximum Gasteiger partial charge on any atom is 0.340 e. The average Bonchev–Trinajstić information content (AvgIpc) is 2.58. The predicted molar refractivity (Wildman–Crippen MR) is 98.1 cm³/mol. The van der Waals surface area contributed by atoms with Crippen LogP contribution in [0.25, 0.3) is 0 Å². The number of halogens is 1. The van der Waals surface area contributed by atoms with Gasteiger partial charge in [-0.1, -0.05) is 17.7 Å². The van der Waals surface area contributed by atoms with Crippen LogP contribution in [0.5, 0.6) is 0 Å². The van der Waals surface area contributed by atoms with Gasteiger partial charge in [-0.2, -0.15) is 0 Å². The van der Waals surface area contributed by atoms with Crippen LogP contribution in [0.4, 0.5) is 5.69 Å². The Morgan fingerprint density at radius 2 is 1.88 bits per heavy atom. The average molecular weight is 379 g/mol. The molecule has 1 amide bonds. The number of methoxy groups -OCH3 is 1. The number of aromatic nitrogens is 1. The van der Waals surface area contributed by atoms with Crippen LogP contribution in [0, 0.1) is 13.8 Å². The van der Waals surface area contributed by atoms with E-state index in [1.165, 1.54) is 13.2 Å². The van der Waals surface area contributed by atoms with Crippen molar-refractivity contribution in [2.45, 2.75) is 13.8 Å². The van der Waals surface area contributed by atoms with Gasteiger partial charge in [0.2, 0.25) is 0 Å². The van der Waals surface area contributed by atoms with E-state index in [4.69, 9.17) is 21.1 Å². The Morgan fingerprint density at radius 1 is 1.15 bits per heavy atom. The van der Waals surface area contributed by atoms with Gasteiger partial charge in [0.25, 0.3) is 11.5 Å². The van der Waals surface area contributed by atoms with Crippen LogP contribution in [-0.2, 0) is 9.47 Å². The first-order chi connectivity index (χ1) is 12.3. The number of aromatic amines is 1. The molecule has 1 heterocycles. The Balaban J connectivity index is 2.29.